The zero-order valence-electron chi connectivity index (χ0n) is 22.9. The molecule has 1 fully saturated rings. The number of hydrogen-bond acceptors (Lipinski definition) is 11. The molecule has 2 unspecified atom stereocenters. The van der Waals surface area contributed by atoms with Crippen molar-refractivity contribution in [2.45, 2.75) is 77.6 Å². The summed E-state index contributed by atoms with van der Waals surface area (Å²) in [5.41, 5.74) is -2.65. The van der Waals surface area contributed by atoms with Crippen LogP contribution in [0.25, 0.3) is 0 Å². The van der Waals surface area contributed by atoms with E-state index in [1.54, 1.807) is 13.8 Å². The number of aliphatic hydroxyl groups is 2. The molecule has 0 spiro atoms. The average Bonchev–Trinajstić information content (AvgIpc) is 3.14. The summed E-state index contributed by atoms with van der Waals surface area (Å²) in [5.74, 6) is -1.63. The molecule has 2 heterocycles. The molecule has 0 bridgehead atoms. The molecule has 7 atom stereocenters. The zero-order chi connectivity index (χ0) is 29.5. The van der Waals surface area contributed by atoms with Crippen molar-refractivity contribution in [2.75, 3.05) is 25.6 Å². The van der Waals surface area contributed by atoms with E-state index in [1.807, 2.05) is 25.8 Å². The third kappa shape index (κ3) is 9.78. The lowest BCUT2D eigenvalue weighted by Gasteiger charge is -2.27. The summed E-state index contributed by atoms with van der Waals surface area (Å²) in [4.78, 5) is 37.9. The Kier molecular flexibility index (Phi) is 12.4. The summed E-state index contributed by atoms with van der Waals surface area (Å²) in [6.07, 6.45) is -3.31. The third-order valence-electron chi connectivity index (χ3n) is 5.65. The second-order valence-electron chi connectivity index (χ2n) is 10.4. The van der Waals surface area contributed by atoms with Crippen LogP contribution >= 0.6 is 19.5 Å². The van der Waals surface area contributed by atoms with Crippen LogP contribution < -0.4 is 16.3 Å². The molecule has 1 saturated heterocycles. The first-order valence-electron chi connectivity index (χ1n) is 12.5. The minimum absolute atomic E-state index is 0.135. The lowest BCUT2D eigenvalue weighted by Crippen LogP contribution is -2.37. The first kappa shape index (κ1) is 33.6. The minimum atomic E-state index is -4.24. The van der Waals surface area contributed by atoms with Crippen LogP contribution in [0.2, 0.25) is 0 Å². The highest BCUT2D eigenvalue weighted by Crippen LogP contribution is 2.46. The molecular weight excluding hydrogens is 560 g/mol. The Morgan fingerprint density at radius 2 is 1.97 bits per heavy atom. The van der Waals surface area contributed by atoms with Crippen LogP contribution in [0.15, 0.2) is 21.9 Å². The number of aliphatic hydroxyl groups excluding tert-OH is 2. The van der Waals surface area contributed by atoms with E-state index in [4.69, 9.17) is 18.5 Å². The summed E-state index contributed by atoms with van der Waals surface area (Å²) in [7, 11) is -4.24. The predicted molar refractivity (Wildman–Crippen MR) is 142 cm³/mol. The van der Waals surface area contributed by atoms with Gasteiger partial charge >= 0.3 is 19.4 Å². The van der Waals surface area contributed by atoms with Crippen LogP contribution in [0.1, 0.15) is 47.8 Å². The molecule has 1 aromatic rings. The first-order chi connectivity index (χ1) is 18.1. The van der Waals surface area contributed by atoms with Gasteiger partial charge in [-0.2, -0.15) is 0 Å². The molecule has 39 heavy (non-hydrogen) atoms. The standard InChI is InChI=1S/C23H39FN3O10PS/c1-13(2)36-20(30)14(3)26-38(33,34-9-10-39-21(31)23(4,5)6)35-12-16-15(11-24)18(29)19(37-16)27-8-7-17(28)25-22(27)32/h7-8,13-16,18-19,21,29,31H,9-12H2,1-6H3,(H,26,33)(H,25,28,32)/t14-,15-,16-,18-,19-,21?,38?/m1/s1. The SMILES string of the molecule is CC(C)OC(=O)[C@@H](C)NP(=O)(OCCSC(O)C(C)(C)C)OC[C@H]1O[C@@H](n2ccc(=O)[nH]c2=O)[C@H](O)[C@@H]1CF. The van der Waals surface area contributed by atoms with Crippen molar-refractivity contribution < 1.29 is 42.5 Å². The molecule has 0 aliphatic carbocycles. The van der Waals surface area contributed by atoms with E-state index >= 15 is 0 Å². The maximum absolute atomic E-state index is 13.9. The Hall–Kier alpha value is -1.58. The van der Waals surface area contributed by atoms with E-state index in [9.17, 15) is 33.6 Å². The molecule has 1 aromatic heterocycles. The van der Waals surface area contributed by atoms with Crippen molar-refractivity contribution in [3.63, 3.8) is 0 Å². The van der Waals surface area contributed by atoms with E-state index in [-0.39, 0.29) is 12.4 Å². The number of aromatic nitrogens is 2. The maximum atomic E-state index is 13.9. The van der Waals surface area contributed by atoms with E-state index in [0.717, 1.165) is 16.8 Å². The van der Waals surface area contributed by atoms with Crippen LogP contribution in [0.5, 0.6) is 0 Å². The molecule has 0 saturated carbocycles. The topological polar surface area (TPSA) is 178 Å². The summed E-state index contributed by atoms with van der Waals surface area (Å²) < 4.78 is 50.2. The Morgan fingerprint density at radius 3 is 2.54 bits per heavy atom. The fraction of sp³-hybridized carbons (Fsp3) is 0.783. The second-order valence-corrected chi connectivity index (χ2v) is 13.4. The Balaban J connectivity index is 2.15. The number of thioether (sulfide) groups is 1. The Bertz CT molecular complexity index is 1110. The molecule has 13 nitrogen and oxygen atoms in total. The van der Waals surface area contributed by atoms with Gasteiger partial charge in [0.25, 0.3) is 5.56 Å². The molecule has 1 aliphatic rings. The van der Waals surface area contributed by atoms with Gasteiger partial charge in [0.05, 0.1) is 32.1 Å². The number of carbonyl (C=O) groups excluding carboxylic acids is 1. The molecule has 0 aromatic carbocycles. The Labute approximate surface area is 230 Å². The van der Waals surface area contributed by atoms with Gasteiger partial charge in [-0.1, -0.05) is 20.8 Å². The van der Waals surface area contributed by atoms with Crippen LogP contribution in [-0.4, -0.2) is 81.2 Å². The summed E-state index contributed by atoms with van der Waals surface area (Å²) in [6, 6.07) is -0.0604. The third-order valence-corrected chi connectivity index (χ3v) is 8.79. The summed E-state index contributed by atoms with van der Waals surface area (Å²) in [6.45, 7) is 8.55. The largest absolute Gasteiger partial charge is 0.462 e. The highest BCUT2D eigenvalue weighted by molar-refractivity contribution is 7.99. The molecular formula is C23H39FN3O10PS. The van der Waals surface area contributed by atoms with E-state index in [2.05, 4.69) is 5.09 Å². The van der Waals surface area contributed by atoms with Crippen LogP contribution in [0.3, 0.4) is 0 Å². The number of ether oxygens (including phenoxy) is 2. The van der Waals surface area contributed by atoms with Crippen LogP contribution in [0, 0.1) is 11.3 Å². The lowest BCUT2D eigenvalue weighted by atomic mass is 9.98. The number of aromatic amines is 1. The molecule has 1 aliphatic heterocycles. The van der Waals surface area contributed by atoms with Crippen LogP contribution in [0.4, 0.5) is 4.39 Å². The number of halogens is 1. The average molecular weight is 600 g/mol. The second kappa shape index (κ2) is 14.4. The number of nitrogens with one attached hydrogen (secondary N) is 2. The lowest BCUT2D eigenvalue weighted by molar-refractivity contribution is -0.149. The monoisotopic (exact) mass is 599 g/mol. The quantitative estimate of drug-likeness (QED) is 0.105. The van der Waals surface area contributed by atoms with E-state index in [0.29, 0.717) is 0 Å². The molecule has 16 heteroatoms. The molecule has 0 radical (unpaired) electrons. The number of esters is 1. The fourth-order valence-electron chi connectivity index (χ4n) is 3.48. The number of nitrogens with zero attached hydrogens (tertiary/aromatic N) is 1. The highest BCUT2D eigenvalue weighted by atomic mass is 32.2. The normalized spacial score (nSPS) is 24.9. The van der Waals surface area contributed by atoms with Gasteiger partial charge in [0, 0.05) is 23.9 Å². The fourth-order valence-corrected chi connectivity index (χ4v) is 5.98. The van der Waals surface area contributed by atoms with Crippen molar-refractivity contribution in [1.82, 2.24) is 14.6 Å². The summed E-state index contributed by atoms with van der Waals surface area (Å²) >= 11 is 1.18. The van der Waals surface area contributed by atoms with Gasteiger partial charge < -0.3 is 19.7 Å². The van der Waals surface area contributed by atoms with E-state index in [1.165, 1.54) is 18.7 Å². The number of rotatable bonds is 14. The van der Waals surface area contributed by atoms with Gasteiger partial charge in [0.2, 0.25) is 0 Å². The van der Waals surface area contributed by atoms with Crippen molar-refractivity contribution in [3.8, 4) is 0 Å². The summed E-state index contributed by atoms with van der Waals surface area (Å²) in [5, 5.41) is 23.3. The van der Waals surface area contributed by atoms with E-state index < -0.39 is 85.6 Å². The number of carbonyl (C=O) groups is 1. The van der Waals surface area contributed by atoms with Crippen LogP contribution in [-0.2, 0) is 27.9 Å². The molecule has 224 valence electrons. The highest BCUT2D eigenvalue weighted by Gasteiger charge is 2.46. The maximum Gasteiger partial charge on any atom is 0.406 e. The Morgan fingerprint density at radius 1 is 1.31 bits per heavy atom. The first-order valence-corrected chi connectivity index (χ1v) is 15.0. The van der Waals surface area contributed by atoms with Gasteiger partial charge in [-0.25, -0.2) is 14.4 Å². The van der Waals surface area contributed by atoms with Gasteiger partial charge in [0.1, 0.15) is 17.6 Å². The van der Waals surface area contributed by atoms with Crippen molar-refractivity contribution in [2.24, 2.45) is 11.3 Å². The molecule has 2 rings (SSSR count). The molecule has 0 amide bonds. The number of alkyl halides is 1. The van der Waals surface area contributed by atoms with Gasteiger partial charge in [-0.3, -0.25) is 32.6 Å². The van der Waals surface area contributed by atoms with Gasteiger partial charge in [-0.15, -0.1) is 11.8 Å². The van der Waals surface area contributed by atoms with Crippen molar-refractivity contribution in [3.05, 3.63) is 33.1 Å². The zero-order valence-corrected chi connectivity index (χ0v) is 24.6. The number of hydrogen-bond donors (Lipinski definition) is 4. The minimum Gasteiger partial charge on any atom is -0.462 e. The smallest absolute Gasteiger partial charge is 0.406 e. The molecule has 4 N–H and O–H groups in total. The van der Waals surface area contributed by atoms with Gasteiger partial charge in [-0.05, 0) is 26.2 Å². The van der Waals surface area contributed by atoms with Crippen molar-refractivity contribution >= 4 is 25.5 Å². The van der Waals surface area contributed by atoms with Gasteiger partial charge in [0.15, 0.2) is 6.23 Å². The number of H-pyrrole nitrogens is 1. The predicted octanol–water partition coefficient (Wildman–Crippen LogP) is 1.55. The van der Waals surface area contributed by atoms with Crippen molar-refractivity contribution in [1.29, 1.82) is 0 Å².